The van der Waals surface area contributed by atoms with Crippen molar-refractivity contribution in [1.29, 1.82) is 0 Å². The van der Waals surface area contributed by atoms with Crippen LogP contribution in [0.4, 0.5) is 0 Å². The number of imide groups is 1. The van der Waals surface area contributed by atoms with Crippen LogP contribution in [-0.4, -0.2) is 50.0 Å². The second kappa shape index (κ2) is 6.77. The fraction of sp³-hybridized carbons (Fsp3) is 0.286. The number of hydrogen-bond acceptors (Lipinski definition) is 7. The molecule has 9 nitrogen and oxygen atoms in total. The second-order valence-corrected chi connectivity index (χ2v) is 4.76. The summed E-state index contributed by atoms with van der Waals surface area (Å²) < 4.78 is 0.528. The summed E-state index contributed by atoms with van der Waals surface area (Å²) in [6.45, 7) is -0.0439. The van der Waals surface area contributed by atoms with E-state index in [9.17, 15) is 29.4 Å². The van der Waals surface area contributed by atoms with Gasteiger partial charge in [0.1, 0.15) is 5.78 Å². The van der Waals surface area contributed by atoms with Gasteiger partial charge in [0.2, 0.25) is 11.8 Å². The van der Waals surface area contributed by atoms with Gasteiger partial charge in [-0.05, 0) is 0 Å². The SMILES string of the molecule is O=C(CCC(=O)On1c(O)ccc1O)CCN1C(=O)C=CC1=O. The zero-order chi connectivity index (χ0) is 17.0. The fourth-order valence-electron chi connectivity index (χ4n) is 1.90. The lowest BCUT2D eigenvalue weighted by Crippen LogP contribution is -2.32. The van der Waals surface area contributed by atoms with Gasteiger partial charge < -0.3 is 15.1 Å². The summed E-state index contributed by atoms with van der Waals surface area (Å²) in [5.41, 5.74) is 0. The molecule has 0 aromatic carbocycles. The fourth-order valence-corrected chi connectivity index (χ4v) is 1.90. The Morgan fingerprint density at radius 1 is 0.957 bits per heavy atom. The van der Waals surface area contributed by atoms with Crippen LogP contribution in [0.5, 0.6) is 11.8 Å². The Morgan fingerprint density at radius 2 is 1.52 bits per heavy atom. The van der Waals surface area contributed by atoms with Gasteiger partial charge in [-0.25, -0.2) is 4.79 Å². The summed E-state index contributed by atoms with van der Waals surface area (Å²) in [5, 5.41) is 18.6. The van der Waals surface area contributed by atoms with Crippen LogP contribution in [0.1, 0.15) is 19.3 Å². The molecule has 2 rings (SSSR count). The molecule has 0 saturated heterocycles. The van der Waals surface area contributed by atoms with Gasteiger partial charge in [0.05, 0.1) is 6.42 Å². The van der Waals surface area contributed by atoms with Gasteiger partial charge in [-0.2, -0.15) is 0 Å². The van der Waals surface area contributed by atoms with E-state index in [1.807, 2.05) is 0 Å². The van der Waals surface area contributed by atoms with E-state index in [2.05, 4.69) is 4.84 Å². The zero-order valence-electron chi connectivity index (χ0n) is 12.0. The van der Waals surface area contributed by atoms with Gasteiger partial charge in [0.15, 0.2) is 0 Å². The number of carbonyl (C=O) groups excluding carboxylic acids is 4. The first-order chi connectivity index (χ1) is 10.9. The van der Waals surface area contributed by atoms with Crippen LogP contribution in [0, 0.1) is 0 Å². The molecule has 0 atom stereocenters. The van der Waals surface area contributed by atoms with Crippen molar-refractivity contribution >= 4 is 23.6 Å². The second-order valence-electron chi connectivity index (χ2n) is 4.76. The Bertz CT molecular complexity index is 652. The molecule has 2 heterocycles. The predicted molar refractivity (Wildman–Crippen MR) is 74.1 cm³/mol. The third kappa shape index (κ3) is 3.96. The third-order valence-corrected chi connectivity index (χ3v) is 3.11. The minimum Gasteiger partial charge on any atom is -0.492 e. The van der Waals surface area contributed by atoms with Crippen molar-refractivity contribution in [2.45, 2.75) is 19.3 Å². The Labute approximate surface area is 130 Å². The van der Waals surface area contributed by atoms with Crippen molar-refractivity contribution < 1.29 is 34.2 Å². The predicted octanol–water partition coefficient (Wildman–Crippen LogP) is -0.481. The average Bonchev–Trinajstić information content (AvgIpc) is 2.99. The van der Waals surface area contributed by atoms with Crippen molar-refractivity contribution in [2.24, 2.45) is 0 Å². The molecular formula is C14H14N2O7. The van der Waals surface area contributed by atoms with E-state index in [-0.39, 0.29) is 31.6 Å². The Morgan fingerprint density at radius 3 is 2.09 bits per heavy atom. The molecule has 1 aromatic heterocycles. The molecule has 122 valence electrons. The van der Waals surface area contributed by atoms with Crippen LogP contribution in [0.2, 0.25) is 0 Å². The lowest BCUT2D eigenvalue weighted by molar-refractivity contribution is -0.146. The number of nitrogens with zero attached hydrogens (tertiary/aromatic N) is 2. The van der Waals surface area contributed by atoms with Crippen LogP contribution in [0.25, 0.3) is 0 Å². The van der Waals surface area contributed by atoms with E-state index in [0.717, 1.165) is 29.2 Å². The number of hydrogen-bond donors (Lipinski definition) is 2. The highest BCUT2D eigenvalue weighted by atomic mass is 16.7. The van der Waals surface area contributed by atoms with E-state index in [0.29, 0.717) is 4.73 Å². The number of aromatic nitrogens is 1. The van der Waals surface area contributed by atoms with Crippen LogP contribution in [0.3, 0.4) is 0 Å². The molecule has 1 aliphatic heterocycles. The standard InChI is InChI=1S/C14H14N2O7/c17-9(7-8-15-10(18)2-3-11(15)19)1-6-14(22)23-16-12(20)4-5-13(16)21/h2-5,20-21H,1,6-8H2. The van der Waals surface area contributed by atoms with Gasteiger partial charge in [0.25, 0.3) is 11.8 Å². The van der Waals surface area contributed by atoms with Crippen LogP contribution in [0.15, 0.2) is 24.3 Å². The van der Waals surface area contributed by atoms with Gasteiger partial charge in [0, 0.05) is 43.7 Å². The molecule has 2 N–H and O–H groups in total. The molecule has 0 spiro atoms. The molecule has 23 heavy (non-hydrogen) atoms. The number of rotatable bonds is 7. The minimum absolute atomic E-state index is 0.0439. The average molecular weight is 322 g/mol. The number of Topliss-reactive ketones (excluding diaryl/α,β-unsaturated/α-hetero) is 1. The Balaban J connectivity index is 1.73. The molecular weight excluding hydrogens is 308 g/mol. The van der Waals surface area contributed by atoms with Crippen molar-refractivity contribution in [3.63, 3.8) is 0 Å². The van der Waals surface area contributed by atoms with E-state index >= 15 is 0 Å². The first-order valence-electron chi connectivity index (χ1n) is 6.74. The zero-order valence-corrected chi connectivity index (χ0v) is 12.0. The summed E-state index contributed by atoms with van der Waals surface area (Å²) in [6.07, 6.45) is 1.77. The summed E-state index contributed by atoms with van der Waals surface area (Å²) in [7, 11) is 0. The van der Waals surface area contributed by atoms with Crippen molar-refractivity contribution in [1.82, 2.24) is 9.63 Å². The van der Waals surface area contributed by atoms with Gasteiger partial charge in [-0.1, -0.05) is 0 Å². The first kappa shape index (κ1) is 16.3. The van der Waals surface area contributed by atoms with Gasteiger partial charge in [-0.15, -0.1) is 4.73 Å². The molecule has 1 aliphatic rings. The monoisotopic (exact) mass is 322 g/mol. The molecule has 2 amide bonds. The summed E-state index contributed by atoms with van der Waals surface area (Å²) >= 11 is 0. The van der Waals surface area contributed by atoms with E-state index in [1.165, 1.54) is 0 Å². The molecule has 9 heteroatoms. The van der Waals surface area contributed by atoms with Crippen molar-refractivity contribution in [3.05, 3.63) is 24.3 Å². The highest BCUT2D eigenvalue weighted by Gasteiger charge is 2.23. The first-order valence-corrected chi connectivity index (χ1v) is 6.74. The maximum atomic E-state index is 11.7. The molecule has 0 aliphatic carbocycles. The van der Waals surface area contributed by atoms with Crippen LogP contribution in [-0.2, 0) is 19.2 Å². The third-order valence-electron chi connectivity index (χ3n) is 3.11. The number of amides is 2. The van der Waals surface area contributed by atoms with Crippen molar-refractivity contribution in [2.75, 3.05) is 6.54 Å². The van der Waals surface area contributed by atoms with Crippen molar-refractivity contribution in [3.8, 4) is 11.8 Å². The smallest absolute Gasteiger partial charge is 0.333 e. The molecule has 0 fully saturated rings. The summed E-state index contributed by atoms with van der Waals surface area (Å²) in [6, 6.07) is 2.26. The molecule has 0 unspecified atom stereocenters. The van der Waals surface area contributed by atoms with E-state index in [4.69, 9.17) is 0 Å². The normalized spacial score (nSPS) is 13.7. The maximum Gasteiger partial charge on any atom is 0.333 e. The summed E-state index contributed by atoms with van der Waals surface area (Å²) in [5.74, 6) is -3.01. The Kier molecular flexibility index (Phi) is 4.79. The quantitative estimate of drug-likeness (QED) is 0.649. The molecule has 0 bridgehead atoms. The van der Waals surface area contributed by atoms with Gasteiger partial charge in [-0.3, -0.25) is 19.3 Å². The highest BCUT2D eigenvalue weighted by Crippen LogP contribution is 2.18. The number of carbonyl (C=O) groups is 4. The van der Waals surface area contributed by atoms with Crippen LogP contribution < -0.4 is 4.84 Å². The minimum atomic E-state index is -0.824. The maximum absolute atomic E-state index is 11.7. The lowest BCUT2D eigenvalue weighted by Gasteiger charge is -2.12. The Hall–Kier alpha value is -3.10. The molecule has 0 saturated carbocycles. The molecule has 0 radical (unpaired) electrons. The number of ketones is 1. The molecule has 1 aromatic rings. The topological polar surface area (TPSA) is 126 Å². The largest absolute Gasteiger partial charge is 0.492 e. The van der Waals surface area contributed by atoms with E-state index < -0.39 is 29.5 Å². The van der Waals surface area contributed by atoms with E-state index in [1.54, 1.807) is 0 Å². The lowest BCUT2D eigenvalue weighted by atomic mass is 10.1. The van der Waals surface area contributed by atoms with Crippen LogP contribution >= 0.6 is 0 Å². The van der Waals surface area contributed by atoms with Gasteiger partial charge >= 0.3 is 5.97 Å². The summed E-state index contributed by atoms with van der Waals surface area (Å²) in [4.78, 5) is 51.4. The highest BCUT2D eigenvalue weighted by molar-refractivity contribution is 6.13. The number of aromatic hydroxyl groups is 2.